The summed E-state index contributed by atoms with van der Waals surface area (Å²) >= 11 is 0. The number of ether oxygens (including phenoxy) is 1. The largest absolute Gasteiger partial charge is 0.378 e. The lowest BCUT2D eigenvalue weighted by atomic mass is 9.94. The van der Waals surface area contributed by atoms with Crippen LogP contribution in [0.25, 0.3) is 0 Å². The Bertz CT molecular complexity index is 340. The van der Waals surface area contributed by atoms with Crippen molar-refractivity contribution in [3.05, 3.63) is 0 Å². The monoisotopic (exact) mass is 294 g/mol. The van der Waals surface area contributed by atoms with E-state index in [-0.39, 0.29) is 23.9 Å². The topological polar surface area (TPSA) is 72.6 Å². The van der Waals surface area contributed by atoms with Crippen LogP contribution in [0.2, 0.25) is 0 Å². The Balaban J connectivity index is 4.66. The van der Waals surface area contributed by atoms with Crippen molar-refractivity contribution >= 4 is 10.0 Å². The van der Waals surface area contributed by atoms with Gasteiger partial charge in [0.2, 0.25) is 10.0 Å². The van der Waals surface area contributed by atoms with E-state index in [0.717, 1.165) is 6.42 Å². The molecular weight excluding hydrogens is 264 g/mol. The van der Waals surface area contributed by atoms with Gasteiger partial charge in [-0.2, -0.15) is 0 Å². The highest BCUT2D eigenvalue weighted by atomic mass is 32.2. The van der Waals surface area contributed by atoms with E-state index in [0.29, 0.717) is 19.6 Å². The molecule has 0 aliphatic heterocycles. The van der Waals surface area contributed by atoms with Gasteiger partial charge in [-0.3, -0.25) is 0 Å². The maximum absolute atomic E-state index is 12.3. The molecule has 0 heterocycles. The Morgan fingerprint density at radius 1 is 1.32 bits per heavy atom. The molecule has 0 aliphatic rings. The summed E-state index contributed by atoms with van der Waals surface area (Å²) < 4.78 is 31.5. The van der Waals surface area contributed by atoms with Gasteiger partial charge in [0.1, 0.15) is 0 Å². The van der Waals surface area contributed by atoms with Gasteiger partial charge < -0.3 is 10.5 Å². The first-order valence-corrected chi connectivity index (χ1v) is 8.55. The predicted octanol–water partition coefficient (Wildman–Crippen LogP) is 1.44. The highest BCUT2D eigenvalue weighted by molar-refractivity contribution is 7.89. The maximum atomic E-state index is 12.3. The van der Waals surface area contributed by atoms with Crippen molar-refractivity contribution in [1.29, 1.82) is 0 Å². The standard InChI is InChI=1S/C13H30N2O3S/c1-6-7-15(11-13(4,5)10-14)19(16,17)9-8-18-12(2)3/h12H,6-11,14H2,1-5H3. The number of nitrogens with two attached hydrogens (primary N) is 1. The molecule has 19 heavy (non-hydrogen) atoms. The van der Waals surface area contributed by atoms with Gasteiger partial charge in [0, 0.05) is 13.1 Å². The molecular formula is C13H30N2O3S. The normalized spacial score (nSPS) is 13.5. The molecule has 0 unspecified atom stereocenters. The number of nitrogens with zero attached hydrogens (tertiary/aromatic N) is 1. The molecule has 2 N–H and O–H groups in total. The fourth-order valence-electron chi connectivity index (χ4n) is 1.63. The minimum Gasteiger partial charge on any atom is -0.378 e. The van der Waals surface area contributed by atoms with Crippen molar-refractivity contribution < 1.29 is 13.2 Å². The summed E-state index contributed by atoms with van der Waals surface area (Å²) in [5.74, 6) is 0.0336. The van der Waals surface area contributed by atoms with Crippen LogP contribution in [0.5, 0.6) is 0 Å². The van der Waals surface area contributed by atoms with Crippen LogP contribution in [-0.2, 0) is 14.8 Å². The van der Waals surface area contributed by atoms with E-state index in [2.05, 4.69) is 0 Å². The number of sulfonamides is 1. The Kier molecular flexibility index (Phi) is 8.12. The Hall–Kier alpha value is -0.170. The van der Waals surface area contributed by atoms with E-state index >= 15 is 0 Å². The second kappa shape index (κ2) is 8.19. The summed E-state index contributed by atoms with van der Waals surface area (Å²) in [4.78, 5) is 0. The van der Waals surface area contributed by atoms with E-state index in [1.54, 1.807) is 4.31 Å². The van der Waals surface area contributed by atoms with Crippen molar-refractivity contribution in [2.45, 2.75) is 47.1 Å². The molecule has 0 saturated heterocycles. The number of rotatable bonds is 10. The second-order valence-electron chi connectivity index (χ2n) is 5.94. The van der Waals surface area contributed by atoms with Crippen molar-refractivity contribution in [1.82, 2.24) is 4.31 Å². The zero-order valence-corrected chi connectivity index (χ0v) is 13.8. The average molecular weight is 294 g/mol. The van der Waals surface area contributed by atoms with Gasteiger partial charge in [0.25, 0.3) is 0 Å². The van der Waals surface area contributed by atoms with E-state index in [1.807, 2.05) is 34.6 Å². The second-order valence-corrected chi connectivity index (χ2v) is 8.03. The lowest BCUT2D eigenvalue weighted by Crippen LogP contribution is -2.43. The van der Waals surface area contributed by atoms with Gasteiger partial charge in [0.05, 0.1) is 18.5 Å². The summed E-state index contributed by atoms with van der Waals surface area (Å²) in [7, 11) is -3.27. The molecule has 5 nitrogen and oxygen atoms in total. The van der Waals surface area contributed by atoms with E-state index < -0.39 is 10.0 Å². The molecule has 6 heteroatoms. The molecule has 0 rings (SSSR count). The molecule has 0 saturated carbocycles. The highest BCUT2D eigenvalue weighted by Gasteiger charge is 2.28. The molecule has 0 atom stereocenters. The van der Waals surface area contributed by atoms with E-state index in [1.165, 1.54) is 0 Å². The molecule has 0 spiro atoms. The van der Waals surface area contributed by atoms with Crippen LogP contribution >= 0.6 is 0 Å². The molecule has 0 radical (unpaired) electrons. The van der Waals surface area contributed by atoms with Crippen molar-refractivity contribution in [2.24, 2.45) is 11.1 Å². The van der Waals surface area contributed by atoms with Crippen LogP contribution in [0.3, 0.4) is 0 Å². The van der Waals surface area contributed by atoms with Gasteiger partial charge in [0.15, 0.2) is 0 Å². The van der Waals surface area contributed by atoms with E-state index in [4.69, 9.17) is 10.5 Å². The fraction of sp³-hybridized carbons (Fsp3) is 1.00. The average Bonchev–Trinajstić information content (AvgIpc) is 2.27. The third-order valence-corrected chi connectivity index (χ3v) is 4.60. The molecule has 0 aromatic carbocycles. The van der Waals surface area contributed by atoms with Crippen LogP contribution in [0.1, 0.15) is 41.0 Å². The molecule has 0 amide bonds. The fourth-order valence-corrected chi connectivity index (χ4v) is 3.20. The first-order chi connectivity index (χ1) is 8.64. The van der Waals surface area contributed by atoms with Crippen molar-refractivity contribution in [3.63, 3.8) is 0 Å². The molecule has 0 bridgehead atoms. The van der Waals surface area contributed by atoms with Crippen LogP contribution in [0, 0.1) is 5.41 Å². The molecule has 116 valence electrons. The Morgan fingerprint density at radius 2 is 1.89 bits per heavy atom. The lowest BCUT2D eigenvalue weighted by molar-refractivity contribution is 0.0904. The zero-order chi connectivity index (χ0) is 15.1. The zero-order valence-electron chi connectivity index (χ0n) is 13.0. The molecule has 0 aromatic rings. The van der Waals surface area contributed by atoms with Gasteiger partial charge in [-0.25, -0.2) is 12.7 Å². The van der Waals surface area contributed by atoms with Crippen LogP contribution in [-0.4, -0.2) is 50.8 Å². The molecule has 0 aromatic heterocycles. The van der Waals surface area contributed by atoms with Gasteiger partial charge >= 0.3 is 0 Å². The SMILES string of the molecule is CCCN(CC(C)(C)CN)S(=O)(=O)CCOC(C)C. The molecule has 0 fully saturated rings. The van der Waals surface area contributed by atoms with E-state index in [9.17, 15) is 8.42 Å². The summed E-state index contributed by atoms with van der Waals surface area (Å²) in [5.41, 5.74) is 5.48. The quantitative estimate of drug-likeness (QED) is 0.661. The predicted molar refractivity (Wildman–Crippen MR) is 79.6 cm³/mol. The molecule has 0 aliphatic carbocycles. The van der Waals surface area contributed by atoms with Crippen LogP contribution in [0.4, 0.5) is 0 Å². The number of hydrogen-bond donors (Lipinski definition) is 1. The van der Waals surface area contributed by atoms with Crippen molar-refractivity contribution in [3.8, 4) is 0 Å². The minimum atomic E-state index is -3.27. The minimum absolute atomic E-state index is 0.0336. The Morgan fingerprint density at radius 3 is 2.32 bits per heavy atom. The highest BCUT2D eigenvalue weighted by Crippen LogP contribution is 2.18. The first-order valence-electron chi connectivity index (χ1n) is 6.94. The lowest BCUT2D eigenvalue weighted by Gasteiger charge is -2.31. The smallest absolute Gasteiger partial charge is 0.216 e. The van der Waals surface area contributed by atoms with Gasteiger partial charge in [-0.1, -0.05) is 20.8 Å². The van der Waals surface area contributed by atoms with Gasteiger partial charge in [-0.15, -0.1) is 0 Å². The number of hydrogen-bond acceptors (Lipinski definition) is 4. The van der Waals surface area contributed by atoms with Crippen LogP contribution in [0.15, 0.2) is 0 Å². The summed E-state index contributed by atoms with van der Waals surface area (Å²) in [6.07, 6.45) is 0.848. The maximum Gasteiger partial charge on any atom is 0.216 e. The van der Waals surface area contributed by atoms with Crippen molar-refractivity contribution in [2.75, 3.05) is 32.0 Å². The summed E-state index contributed by atoms with van der Waals surface area (Å²) in [6.45, 7) is 11.4. The van der Waals surface area contributed by atoms with Crippen LogP contribution < -0.4 is 5.73 Å². The third kappa shape index (κ3) is 7.87. The summed E-state index contributed by atoms with van der Waals surface area (Å²) in [6, 6.07) is 0. The third-order valence-electron chi connectivity index (χ3n) is 2.82. The Labute approximate surface area is 118 Å². The summed E-state index contributed by atoms with van der Waals surface area (Å²) in [5, 5.41) is 0. The van der Waals surface area contributed by atoms with Gasteiger partial charge in [-0.05, 0) is 32.2 Å². The first kappa shape index (κ1) is 18.8.